The smallest absolute Gasteiger partial charge is 0.257 e. The van der Waals surface area contributed by atoms with Gasteiger partial charge in [0.05, 0.1) is 11.7 Å². The summed E-state index contributed by atoms with van der Waals surface area (Å²) in [5, 5.41) is 5.96. The maximum atomic E-state index is 13.4. The average Bonchev–Trinajstić information content (AvgIpc) is 3.23. The maximum absolute atomic E-state index is 13.4. The molecule has 4 heteroatoms. The molecule has 3 aromatic rings. The highest BCUT2D eigenvalue weighted by molar-refractivity contribution is 6.02. The van der Waals surface area contributed by atoms with Crippen molar-refractivity contribution in [3.05, 3.63) is 77.9 Å². The van der Waals surface area contributed by atoms with E-state index < -0.39 is 0 Å². The summed E-state index contributed by atoms with van der Waals surface area (Å²) in [6.45, 7) is 1.39. The highest BCUT2D eigenvalue weighted by Gasteiger charge is 2.35. The van der Waals surface area contributed by atoms with Crippen LogP contribution in [0.15, 0.2) is 66.7 Å². The molecule has 0 saturated carbocycles. The molecule has 0 spiro atoms. The number of fused-ring (bicyclic) bond motifs is 2. The Kier molecular flexibility index (Phi) is 4.06. The fourth-order valence-corrected chi connectivity index (χ4v) is 4.22. The van der Waals surface area contributed by atoms with Crippen LogP contribution >= 0.6 is 0 Å². The Labute approximate surface area is 158 Å². The molecular formula is C23H22N2O2. The molecule has 0 radical (unpaired) electrons. The molecule has 5 rings (SSSR count). The summed E-state index contributed by atoms with van der Waals surface area (Å²) in [6, 6.07) is 22.4. The van der Waals surface area contributed by atoms with E-state index in [4.69, 9.17) is 4.74 Å². The first-order chi connectivity index (χ1) is 13.3. The van der Waals surface area contributed by atoms with E-state index in [1.807, 2.05) is 35.2 Å². The summed E-state index contributed by atoms with van der Waals surface area (Å²) < 4.78 is 5.84. The standard InChI is InChI=1S/C23H22N2O2/c26-23-20-11-3-4-13-21(20)24-22(25(23)15-17-9-6-14-27-17)19-12-5-8-16-7-1-2-10-18(16)19/h1-5,7-8,10-13,17,22,24H,6,9,14-15H2. The van der Waals surface area contributed by atoms with Crippen LogP contribution in [0.1, 0.15) is 34.9 Å². The Morgan fingerprint density at radius 2 is 1.81 bits per heavy atom. The van der Waals surface area contributed by atoms with Crippen molar-refractivity contribution >= 4 is 22.4 Å². The predicted octanol–water partition coefficient (Wildman–Crippen LogP) is 4.59. The molecule has 0 aromatic heterocycles. The molecule has 2 atom stereocenters. The molecule has 2 aliphatic rings. The molecule has 2 unspecified atom stereocenters. The number of carbonyl (C=O) groups excluding carboxylic acids is 1. The van der Waals surface area contributed by atoms with Crippen molar-refractivity contribution in [1.82, 2.24) is 4.90 Å². The molecule has 2 heterocycles. The van der Waals surface area contributed by atoms with Gasteiger partial charge in [0, 0.05) is 24.4 Å². The van der Waals surface area contributed by atoms with Gasteiger partial charge in [-0.05, 0) is 35.7 Å². The highest BCUT2D eigenvalue weighted by Crippen LogP contribution is 2.36. The zero-order valence-corrected chi connectivity index (χ0v) is 15.1. The summed E-state index contributed by atoms with van der Waals surface area (Å²) in [4.78, 5) is 15.3. The van der Waals surface area contributed by atoms with Gasteiger partial charge >= 0.3 is 0 Å². The number of hydrogen-bond acceptors (Lipinski definition) is 3. The van der Waals surface area contributed by atoms with E-state index in [1.54, 1.807) is 0 Å². The van der Waals surface area contributed by atoms with Gasteiger partial charge in [-0.1, -0.05) is 54.6 Å². The van der Waals surface area contributed by atoms with E-state index in [2.05, 4.69) is 41.7 Å². The van der Waals surface area contributed by atoms with E-state index in [0.717, 1.165) is 36.3 Å². The number of para-hydroxylation sites is 1. The second-order valence-corrected chi connectivity index (χ2v) is 7.25. The van der Waals surface area contributed by atoms with Crippen LogP contribution in [0.3, 0.4) is 0 Å². The van der Waals surface area contributed by atoms with E-state index in [9.17, 15) is 4.79 Å². The summed E-state index contributed by atoms with van der Waals surface area (Å²) in [7, 11) is 0. The number of carbonyl (C=O) groups is 1. The van der Waals surface area contributed by atoms with Gasteiger partial charge < -0.3 is 15.0 Å². The number of nitrogens with zero attached hydrogens (tertiary/aromatic N) is 1. The molecule has 4 nitrogen and oxygen atoms in total. The number of rotatable bonds is 3. The van der Waals surface area contributed by atoms with E-state index >= 15 is 0 Å². The summed E-state index contributed by atoms with van der Waals surface area (Å²) in [5.74, 6) is 0.0674. The van der Waals surface area contributed by atoms with Gasteiger partial charge in [0.25, 0.3) is 5.91 Å². The van der Waals surface area contributed by atoms with Gasteiger partial charge in [-0.25, -0.2) is 0 Å². The van der Waals surface area contributed by atoms with Crippen LogP contribution in [0.5, 0.6) is 0 Å². The Bertz CT molecular complexity index is 989. The van der Waals surface area contributed by atoms with Crippen molar-refractivity contribution < 1.29 is 9.53 Å². The van der Waals surface area contributed by atoms with Gasteiger partial charge in [0.15, 0.2) is 0 Å². The quantitative estimate of drug-likeness (QED) is 0.745. The summed E-state index contributed by atoms with van der Waals surface area (Å²) >= 11 is 0. The third-order valence-corrected chi connectivity index (χ3v) is 5.56. The van der Waals surface area contributed by atoms with Gasteiger partial charge in [-0.2, -0.15) is 0 Å². The molecule has 1 N–H and O–H groups in total. The molecular weight excluding hydrogens is 336 g/mol. The summed E-state index contributed by atoms with van der Waals surface area (Å²) in [5.41, 5.74) is 2.74. The second kappa shape index (κ2) is 6.71. The Morgan fingerprint density at radius 1 is 1.00 bits per heavy atom. The largest absolute Gasteiger partial charge is 0.376 e. The first-order valence-electron chi connectivity index (χ1n) is 9.57. The van der Waals surface area contributed by atoms with Crippen LogP contribution in [0.4, 0.5) is 5.69 Å². The lowest BCUT2D eigenvalue weighted by molar-refractivity contribution is 0.0428. The number of benzene rings is 3. The van der Waals surface area contributed by atoms with Crippen LogP contribution in [0.2, 0.25) is 0 Å². The Balaban J connectivity index is 1.62. The second-order valence-electron chi connectivity index (χ2n) is 7.25. The third-order valence-electron chi connectivity index (χ3n) is 5.56. The molecule has 1 fully saturated rings. The van der Waals surface area contributed by atoms with Crippen LogP contribution < -0.4 is 5.32 Å². The van der Waals surface area contributed by atoms with Crippen LogP contribution in [-0.4, -0.2) is 30.1 Å². The lowest BCUT2D eigenvalue weighted by Crippen LogP contribution is -2.46. The number of ether oxygens (including phenoxy) is 1. The number of hydrogen-bond donors (Lipinski definition) is 1. The van der Waals surface area contributed by atoms with Crippen LogP contribution in [0.25, 0.3) is 10.8 Å². The van der Waals surface area contributed by atoms with Crippen molar-refractivity contribution in [2.75, 3.05) is 18.5 Å². The van der Waals surface area contributed by atoms with Crippen LogP contribution in [0, 0.1) is 0 Å². The fraction of sp³-hybridized carbons (Fsp3) is 0.261. The number of anilines is 1. The number of nitrogens with one attached hydrogen (secondary N) is 1. The molecule has 1 saturated heterocycles. The Hall–Kier alpha value is -2.85. The molecule has 3 aromatic carbocycles. The molecule has 0 bridgehead atoms. The van der Waals surface area contributed by atoms with Crippen molar-refractivity contribution in [2.24, 2.45) is 0 Å². The monoisotopic (exact) mass is 358 g/mol. The fourth-order valence-electron chi connectivity index (χ4n) is 4.22. The average molecular weight is 358 g/mol. The number of amides is 1. The van der Waals surface area contributed by atoms with Crippen molar-refractivity contribution in [3.63, 3.8) is 0 Å². The zero-order valence-electron chi connectivity index (χ0n) is 15.1. The van der Waals surface area contributed by atoms with Crippen LogP contribution in [-0.2, 0) is 4.74 Å². The predicted molar refractivity (Wildman–Crippen MR) is 107 cm³/mol. The first-order valence-corrected chi connectivity index (χ1v) is 9.57. The molecule has 136 valence electrons. The van der Waals surface area contributed by atoms with E-state index in [-0.39, 0.29) is 18.2 Å². The zero-order chi connectivity index (χ0) is 18.2. The van der Waals surface area contributed by atoms with Gasteiger partial charge in [0.2, 0.25) is 0 Å². The van der Waals surface area contributed by atoms with Gasteiger partial charge in [-0.15, -0.1) is 0 Å². The minimum Gasteiger partial charge on any atom is -0.376 e. The third kappa shape index (κ3) is 2.86. The summed E-state index contributed by atoms with van der Waals surface area (Å²) in [6.07, 6.45) is 1.98. The molecule has 0 aliphatic carbocycles. The topological polar surface area (TPSA) is 41.6 Å². The first kappa shape index (κ1) is 16.3. The molecule has 2 aliphatic heterocycles. The van der Waals surface area contributed by atoms with Crippen molar-refractivity contribution in [3.8, 4) is 0 Å². The van der Waals surface area contributed by atoms with E-state index in [1.165, 1.54) is 10.8 Å². The lowest BCUT2D eigenvalue weighted by atomic mass is 9.98. The minimum absolute atomic E-state index is 0.0674. The van der Waals surface area contributed by atoms with Gasteiger partial charge in [-0.3, -0.25) is 4.79 Å². The SMILES string of the molecule is O=C1c2ccccc2NC(c2cccc3ccccc23)N1CC1CCCO1. The van der Waals surface area contributed by atoms with Gasteiger partial charge in [0.1, 0.15) is 6.17 Å². The van der Waals surface area contributed by atoms with Crippen molar-refractivity contribution in [2.45, 2.75) is 25.1 Å². The molecule has 27 heavy (non-hydrogen) atoms. The van der Waals surface area contributed by atoms with Crippen molar-refractivity contribution in [1.29, 1.82) is 0 Å². The highest BCUT2D eigenvalue weighted by atomic mass is 16.5. The molecule has 1 amide bonds. The lowest BCUT2D eigenvalue weighted by Gasteiger charge is -2.39. The van der Waals surface area contributed by atoms with E-state index in [0.29, 0.717) is 6.54 Å². The minimum atomic E-state index is -0.206. The Morgan fingerprint density at radius 3 is 2.70 bits per heavy atom. The normalized spacial score (nSPS) is 21.9. The maximum Gasteiger partial charge on any atom is 0.257 e.